The van der Waals surface area contributed by atoms with Crippen molar-refractivity contribution in [1.29, 1.82) is 0 Å². The molecular weight excluding hydrogens is 400 g/mol. The van der Waals surface area contributed by atoms with E-state index in [1.807, 2.05) is 0 Å². The van der Waals surface area contributed by atoms with Crippen LogP contribution in [0.3, 0.4) is 0 Å². The van der Waals surface area contributed by atoms with Crippen molar-refractivity contribution in [2.24, 2.45) is 11.8 Å². The number of aromatic nitrogens is 1. The van der Waals surface area contributed by atoms with Gasteiger partial charge in [0.2, 0.25) is 10.0 Å². The van der Waals surface area contributed by atoms with Crippen molar-refractivity contribution >= 4 is 39.8 Å². The van der Waals surface area contributed by atoms with Gasteiger partial charge in [-0.3, -0.25) is 4.79 Å². The van der Waals surface area contributed by atoms with Gasteiger partial charge in [-0.2, -0.15) is 4.31 Å². The Labute approximate surface area is 171 Å². The molecule has 9 heteroatoms. The molecule has 0 radical (unpaired) electrons. The van der Waals surface area contributed by atoms with Crippen LogP contribution in [0, 0.1) is 11.8 Å². The molecule has 2 atom stereocenters. The van der Waals surface area contributed by atoms with Crippen LogP contribution in [-0.2, 0) is 10.0 Å². The Balaban J connectivity index is 0.00000280. The lowest BCUT2D eigenvalue weighted by Crippen LogP contribution is -2.42. The van der Waals surface area contributed by atoms with Gasteiger partial charge in [0.05, 0.1) is 16.8 Å². The molecule has 1 amide bonds. The number of hydrogen-bond donors (Lipinski definition) is 2. The number of anilines is 2. The van der Waals surface area contributed by atoms with Crippen LogP contribution in [0.25, 0.3) is 0 Å². The minimum absolute atomic E-state index is 0. The fourth-order valence-corrected chi connectivity index (χ4v) is 5.16. The minimum atomic E-state index is -3.64. The van der Waals surface area contributed by atoms with Gasteiger partial charge >= 0.3 is 0 Å². The topological polar surface area (TPSA) is 105 Å². The van der Waals surface area contributed by atoms with E-state index in [1.54, 1.807) is 24.3 Å². The predicted molar refractivity (Wildman–Crippen MR) is 112 cm³/mol. The normalized spacial score (nSPS) is 20.2. The first kappa shape index (κ1) is 22.1. The minimum Gasteiger partial charge on any atom is -0.384 e. The Hall–Kier alpha value is -2.16. The van der Waals surface area contributed by atoms with Gasteiger partial charge in [0.25, 0.3) is 5.91 Å². The molecular formula is C19H25ClN4O3S. The number of carbonyl (C=O) groups excluding carboxylic acids is 1. The number of sulfonamides is 1. The van der Waals surface area contributed by atoms with Crippen LogP contribution in [0.1, 0.15) is 30.6 Å². The van der Waals surface area contributed by atoms with E-state index >= 15 is 0 Å². The number of hydrogen-bond acceptors (Lipinski definition) is 5. The number of nitrogens with zero attached hydrogens (tertiary/aromatic N) is 2. The van der Waals surface area contributed by atoms with Crippen molar-refractivity contribution in [3.63, 3.8) is 0 Å². The quantitative estimate of drug-likeness (QED) is 0.784. The maximum Gasteiger partial charge on any atom is 0.255 e. The third-order valence-electron chi connectivity index (χ3n) is 4.61. The zero-order valence-electron chi connectivity index (χ0n) is 15.8. The molecule has 3 rings (SSSR count). The number of carbonyl (C=O) groups is 1. The smallest absolute Gasteiger partial charge is 0.255 e. The first-order valence-corrected chi connectivity index (χ1v) is 10.3. The zero-order valence-corrected chi connectivity index (χ0v) is 17.5. The lowest BCUT2D eigenvalue weighted by atomic mass is 9.94. The highest BCUT2D eigenvalue weighted by molar-refractivity contribution is 7.89. The van der Waals surface area contributed by atoms with E-state index in [9.17, 15) is 13.2 Å². The summed E-state index contributed by atoms with van der Waals surface area (Å²) in [6.07, 6.45) is 2.47. The van der Waals surface area contributed by atoms with E-state index in [-0.39, 0.29) is 22.9 Å². The van der Waals surface area contributed by atoms with Gasteiger partial charge in [-0.05, 0) is 48.6 Å². The van der Waals surface area contributed by atoms with Crippen LogP contribution < -0.4 is 11.1 Å². The van der Waals surface area contributed by atoms with E-state index in [2.05, 4.69) is 24.1 Å². The second-order valence-electron chi connectivity index (χ2n) is 7.22. The van der Waals surface area contributed by atoms with Crippen LogP contribution >= 0.6 is 12.4 Å². The maximum absolute atomic E-state index is 13.0. The summed E-state index contributed by atoms with van der Waals surface area (Å²) in [5, 5.41) is 2.69. The molecule has 0 saturated carbocycles. The summed E-state index contributed by atoms with van der Waals surface area (Å²) in [6.45, 7) is 5.12. The number of halogens is 1. The summed E-state index contributed by atoms with van der Waals surface area (Å²) in [7, 11) is -3.64. The van der Waals surface area contributed by atoms with Crippen molar-refractivity contribution < 1.29 is 13.2 Å². The third-order valence-corrected chi connectivity index (χ3v) is 6.44. The molecule has 1 aromatic heterocycles. The molecule has 28 heavy (non-hydrogen) atoms. The molecule has 3 N–H and O–H groups in total. The van der Waals surface area contributed by atoms with Crippen molar-refractivity contribution in [3.05, 3.63) is 48.2 Å². The summed E-state index contributed by atoms with van der Waals surface area (Å²) in [6, 6.07) is 9.33. The largest absolute Gasteiger partial charge is 0.384 e. The highest BCUT2D eigenvalue weighted by Gasteiger charge is 2.31. The summed E-state index contributed by atoms with van der Waals surface area (Å²) in [4.78, 5) is 16.5. The van der Waals surface area contributed by atoms with Crippen LogP contribution in [0.5, 0.6) is 0 Å². The fourth-order valence-electron chi connectivity index (χ4n) is 3.43. The van der Waals surface area contributed by atoms with Crippen LogP contribution in [0.2, 0.25) is 0 Å². The molecule has 1 aliphatic heterocycles. The number of amides is 1. The molecule has 0 bridgehead atoms. The van der Waals surface area contributed by atoms with E-state index in [0.29, 0.717) is 36.4 Å². The first-order valence-electron chi connectivity index (χ1n) is 8.89. The van der Waals surface area contributed by atoms with Crippen molar-refractivity contribution in [1.82, 2.24) is 9.29 Å². The maximum atomic E-state index is 13.0. The van der Waals surface area contributed by atoms with Gasteiger partial charge in [-0.25, -0.2) is 13.4 Å². The second kappa shape index (κ2) is 8.89. The van der Waals surface area contributed by atoms with Gasteiger partial charge in [0.15, 0.2) is 0 Å². The van der Waals surface area contributed by atoms with E-state index < -0.39 is 15.9 Å². The standard InChI is InChI=1S/C19H24N4O3S.ClH/c1-13-8-14(2)12-23(11-13)27(25,26)17-5-3-4-15(9-17)19(24)22-16-6-7-18(20)21-10-16;/h3-7,9-10,13-14H,8,11-12H2,1-2H3,(H2,20,21)(H,22,24);1H. The summed E-state index contributed by atoms with van der Waals surface area (Å²) < 4.78 is 27.6. The highest BCUT2D eigenvalue weighted by Crippen LogP contribution is 2.27. The van der Waals surface area contributed by atoms with Crippen LogP contribution in [0.15, 0.2) is 47.5 Å². The number of pyridine rings is 1. The first-order chi connectivity index (χ1) is 12.8. The van der Waals surface area contributed by atoms with E-state index in [4.69, 9.17) is 5.73 Å². The zero-order chi connectivity index (χ0) is 19.6. The lowest BCUT2D eigenvalue weighted by Gasteiger charge is -2.34. The Morgan fingerprint density at radius 1 is 1.18 bits per heavy atom. The molecule has 1 saturated heterocycles. The van der Waals surface area contributed by atoms with E-state index in [1.165, 1.54) is 22.6 Å². The number of nitrogens with one attached hydrogen (secondary N) is 1. The number of benzene rings is 1. The predicted octanol–water partition coefficient (Wildman–Crippen LogP) is 3.00. The molecule has 7 nitrogen and oxygen atoms in total. The Morgan fingerprint density at radius 3 is 2.46 bits per heavy atom. The molecule has 1 aromatic carbocycles. The van der Waals surface area contributed by atoms with Crippen LogP contribution in [0.4, 0.5) is 11.5 Å². The molecule has 2 aromatic rings. The Kier molecular flexibility index (Phi) is 7.03. The van der Waals surface area contributed by atoms with Gasteiger partial charge in [-0.15, -0.1) is 12.4 Å². The third kappa shape index (κ3) is 5.01. The average Bonchev–Trinajstić information content (AvgIpc) is 2.63. The summed E-state index contributed by atoms with van der Waals surface area (Å²) >= 11 is 0. The molecule has 1 aliphatic rings. The highest BCUT2D eigenvalue weighted by atomic mass is 35.5. The summed E-state index contributed by atoms with van der Waals surface area (Å²) in [5.41, 5.74) is 6.29. The van der Waals surface area contributed by atoms with Gasteiger partial charge in [0.1, 0.15) is 5.82 Å². The molecule has 2 unspecified atom stereocenters. The van der Waals surface area contributed by atoms with Gasteiger partial charge in [0, 0.05) is 18.7 Å². The van der Waals surface area contributed by atoms with Crippen LogP contribution in [-0.4, -0.2) is 36.7 Å². The van der Waals surface area contributed by atoms with Gasteiger partial charge in [-0.1, -0.05) is 19.9 Å². The number of piperidine rings is 1. The Bertz CT molecular complexity index is 924. The summed E-state index contributed by atoms with van der Waals surface area (Å²) in [5.74, 6) is 0.575. The van der Waals surface area contributed by atoms with E-state index in [0.717, 1.165) is 6.42 Å². The molecule has 1 fully saturated rings. The van der Waals surface area contributed by atoms with Crippen molar-refractivity contribution in [2.75, 3.05) is 24.1 Å². The number of nitrogens with two attached hydrogens (primary N) is 1. The van der Waals surface area contributed by atoms with Gasteiger partial charge < -0.3 is 11.1 Å². The molecule has 0 spiro atoms. The second-order valence-corrected chi connectivity index (χ2v) is 9.16. The average molecular weight is 425 g/mol. The number of rotatable bonds is 4. The van der Waals surface area contributed by atoms with Crippen molar-refractivity contribution in [3.8, 4) is 0 Å². The molecule has 2 heterocycles. The number of nitrogen functional groups attached to an aromatic ring is 1. The SMILES string of the molecule is CC1CC(C)CN(S(=O)(=O)c2cccc(C(=O)Nc3ccc(N)nc3)c2)C1.Cl. The van der Waals surface area contributed by atoms with Crippen molar-refractivity contribution in [2.45, 2.75) is 25.2 Å². The monoisotopic (exact) mass is 424 g/mol. The fraction of sp³-hybridized carbons (Fsp3) is 0.368. The lowest BCUT2D eigenvalue weighted by molar-refractivity contribution is 0.102. The molecule has 152 valence electrons. The molecule has 0 aliphatic carbocycles. The Morgan fingerprint density at radius 2 is 1.86 bits per heavy atom.